The molecule has 0 aliphatic heterocycles. The Balaban J connectivity index is 0.000000980. The molecule has 0 bridgehead atoms. The average Bonchev–Trinajstić information content (AvgIpc) is 2.83. The third-order valence-corrected chi connectivity index (χ3v) is 2.40. The van der Waals surface area contributed by atoms with E-state index in [0.29, 0.717) is 18.4 Å². The summed E-state index contributed by atoms with van der Waals surface area (Å²) in [6, 6.07) is 1.20. The first kappa shape index (κ1) is 11.2. The topological polar surface area (TPSA) is 53.0 Å². The van der Waals surface area contributed by atoms with Crippen LogP contribution in [0.25, 0.3) is 0 Å². The minimum atomic E-state index is -1.14. The molecule has 0 radical (unpaired) electrons. The molecular formula is C9H7FLiNO2. The Bertz CT molecular complexity index is 366. The van der Waals surface area contributed by atoms with Crippen LogP contribution in [0.5, 0.6) is 0 Å². The van der Waals surface area contributed by atoms with E-state index in [1.807, 2.05) is 0 Å². The van der Waals surface area contributed by atoms with Crippen molar-refractivity contribution in [2.75, 3.05) is 0 Å². The summed E-state index contributed by atoms with van der Waals surface area (Å²) in [4.78, 5) is 14.3. The summed E-state index contributed by atoms with van der Waals surface area (Å²) in [5.74, 6) is -1.65. The van der Waals surface area contributed by atoms with Gasteiger partial charge in [-0.1, -0.05) is 0 Å². The van der Waals surface area contributed by atoms with Crippen molar-refractivity contribution in [3.8, 4) is 0 Å². The van der Waals surface area contributed by atoms with E-state index in [2.05, 4.69) is 4.98 Å². The number of hydrogen-bond donors (Lipinski definition) is 0. The van der Waals surface area contributed by atoms with Gasteiger partial charge in [0.05, 0.1) is 12.2 Å². The maximum Gasteiger partial charge on any atom is 1.00 e. The first-order valence-electron chi connectivity index (χ1n) is 3.98. The quantitative estimate of drug-likeness (QED) is 0.464. The Hall–Kier alpha value is -0.853. The van der Waals surface area contributed by atoms with Crippen LogP contribution in [0.15, 0.2) is 18.5 Å². The van der Waals surface area contributed by atoms with Gasteiger partial charge >= 0.3 is 18.9 Å². The third-order valence-electron chi connectivity index (χ3n) is 2.40. The number of hydrogen-bond acceptors (Lipinski definition) is 3. The molecule has 0 N–H and O–H groups in total. The number of aliphatic carboxylic acids is 1. The minimum absolute atomic E-state index is 0. The number of halogens is 1. The summed E-state index contributed by atoms with van der Waals surface area (Å²) in [5.41, 5.74) is -0.553. The van der Waals surface area contributed by atoms with Crippen molar-refractivity contribution in [1.82, 2.24) is 4.98 Å². The average molecular weight is 187 g/mol. The first-order chi connectivity index (χ1) is 6.15. The number of rotatable bonds is 2. The molecule has 1 aromatic rings. The molecule has 0 atom stereocenters. The van der Waals surface area contributed by atoms with Crippen LogP contribution < -0.4 is 24.0 Å². The fourth-order valence-corrected chi connectivity index (χ4v) is 1.41. The SMILES string of the molecule is O=C([O-])C1(c2cncc(F)c2)CC1.[Li+]. The molecule has 0 spiro atoms. The van der Waals surface area contributed by atoms with Gasteiger partial charge < -0.3 is 9.90 Å². The number of carbonyl (C=O) groups excluding carboxylic acids is 1. The molecule has 0 saturated heterocycles. The fraction of sp³-hybridized carbons (Fsp3) is 0.333. The van der Waals surface area contributed by atoms with Crippen LogP contribution in [0.3, 0.4) is 0 Å². The van der Waals surface area contributed by atoms with Gasteiger partial charge in [0.15, 0.2) is 0 Å². The van der Waals surface area contributed by atoms with Gasteiger partial charge in [-0.25, -0.2) is 4.39 Å². The molecule has 1 aliphatic carbocycles. The molecule has 1 heterocycles. The summed E-state index contributed by atoms with van der Waals surface area (Å²) in [6.07, 6.45) is 3.46. The number of nitrogens with zero attached hydrogens (tertiary/aromatic N) is 1. The molecule has 1 aromatic heterocycles. The minimum Gasteiger partial charge on any atom is -0.549 e. The van der Waals surface area contributed by atoms with Crippen molar-refractivity contribution in [2.45, 2.75) is 18.3 Å². The van der Waals surface area contributed by atoms with Gasteiger partial charge in [0.2, 0.25) is 0 Å². The van der Waals surface area contributed by atoms with E-state index in [4.69, 9.17) is 0 Å². The van der Waals surface area contributed by atoms with Gasteiger partial charge in [-0.05, 0) is 24.5 Å². The van der Waals surface area contributed by atoms with Crippen molar-refractivity contribution in [3.05, 3.63) is 29.8 Å². The van der Waals surface area contributed by atoms with Gasteiger partial charge in [0, 0.05) is 11.6 Å². The number of aromatic nitrogens is 1. The predicted molar refractivity (Wildman–Crippen MR) is 40.1 cm³/mol. The Labute approximate surface area is 92.5 Å². The standard InChI is InChI=1S/C9H8FNO2.Li/c10-7-3-6(4-11-5-7)9(1-2-9)8(12)13;/h3-5H,1-2H2,(H,12,13);/q;+1/p-1. The molecule has 0 aromatic carbocycles. The Morgan fingerprint density at radius 1 is 1.50 bits per heavy atom. The maximum atomic E-state index is 12.7. The van der Waals surface area contributed by atoms with Crippen LogP contribution >= 0.6 is 0 Å². The van der Waals surface area contributed by atoms with Crippen LogP contribution in [0, 0.1) is 5.82 Å². The zero-order valence-corrected chi connectivity index (χ0v) is 7.79. The molecule has 5 heteroatoms. The number of carbonyl (C=O) groups is 1. The van der Waals surface area contributed by atoms with Crippen LogP contribution in [0.1, 0.15) is 18.4 Å². The number of carboxylic acids is 1. The van der Waals surface area contributed by atoms with Crippen molar-refractivity contribution < 1.29 is 33.2 Å². The van der Waals surface area contributed by atoms with Crippen LogP contribution in [-0.4, -0.2) is 11.0 Å². The van der Waals surface area contributed by atoms with E-state index in [9.17, 15) is 14.3 Å². The smallest absolute Gasteiger partial charge is 0.549 e. The first-order valence-corrected chi connectivity index (χ1v) is 3.98. The molecule has 68 valence electrons. The molecule has 2 rings (SSSR count). The van der Waals surface area contributed by atoms with Gasteiger partial charge in [0.1, 0.15) is 5.82 Å². The Morgan fingerprint density at radius 2 is 2.14 bits per heavy atom. The van der Waals surface area contributed by atoms with Gasteiger partial charge in [-0.15, -0.1) is 0 Å². The van der Waals surface area contributed by atoms with Crippen molar-refractivity contribution in [1.29, 1.82) is 0 Å². The van der Waals surface area contributed by atoms with Crippen molar-refractivity contribution >= 4 is 5.97 Å². The van der Waals surface area contributed by atoms with Crippen molar-refractivity contribution in [2.24, 2.45) is 0 Å². The van der Waals surface area contributed by atoms with E-state index in [0.717, 1.165) is 6.20 Å². The number of carboxylic acid groups (broad SMARTS) is 1. The second-order valence-corrected chi connectivity index (χ2v) is 3.26. The second-order valence-electron chi connectivity index (χ2n) is 3.26. The largest absolute Gasteiger partial charge is 1.00 e. The van der Waals surface area contributed by atoms with E-state index in [1.165, 1.54) is 12.3 Å². The van der Waals surface area contributed by atoms with E-state index in [-0.39, 0.29) is 18.9 Å². The summed E-state index contributed by atoms with van der Waals surface area (Å²) in [5, 5.41) is 10.7. The molecule has 1 fully saturated rings. The summed E-state index contributed by atoms with van der Waals surface area (Å²) < 4.78 is 12.7. The monoisotopic (exact) mass is 187 g/mol. The zero-order chi connectivity index (χ0) is 9.47. The number of pyridine rings is 1. The van der Waals surface area contributed by atoms with Gasteiger partial charge in [-0.2, -0.15) is 0 Å². The third kappa shape index (κ3) is 1.68. The van der Waals surface area contributed by atoms with E-state index < -0.39 is 17.2 Å². The van der Waals surface area contributed by atoms with Gasteiger partial charge in [0.25, 0.3) is 0 Å². The van der Waals surface area contributed by atoms with Crippen LogP contribution in [-0.2, 0) is 10.2 Å². The predicted octanol–water partition coefficient (Wildman–Crippen LogP) is -2.99. The zero-order valence-electron chi connectivity index (χ0n) is 7.79. The van der Waals surface area contributed by atoms with Crippen LogP contribution in [0.2, 0.25) is 0 Å². The molecule has 14 heavy (non-hydrogen) atoms. The summed E-state index contributed by atoms with van der Waals surface area (Å²) >= 11 is 0. The van der Waals surface area contributed by atoms with E-state index >= 15 is 0 Å². The molecule has 1 aliphatic rings. The molecule has 0 unspecified atom stereocenters. The Kier molecular flexibility index (Phi) is 2.98. The Morgan fingerprint density at radius 3 is 2.57 bits per heavy atom. The maximum absolute atomic E-state index is 12.7. The van der Waals surface area contributed by atoms with E-state index in [1.54, 1.807) is 0 Å². The van der Waals surface area contributed by atoms with Crippen molar-refractivity contribution in [3.63, 3.8) is 0 Å². The molecule has 0 amide bonds. The summed E-state index contributed by atoms with van der Waals surface area (Å²) in [7, 11) is 0. The fourth-order valence-electron chi connectivity index (χ4n) is 1.41. The molecule has 3 nitrogen and oxygen atoms in total. The van der Waals surface area contributed by atoms with Crippen LogP contribution in [0.4, 0.5) is 4.39 Å². The molecule has 1 saturated carbocycles. The normalized spacial score (nSPS) is 16.9. The second kappa shape index (κ2) is 3.72. The molecular weight excluding hydrogens is 180 g/mol. The van der Waals surface area contributed by atoms with Gasteiger partial charge in [-0.3, -0.25) is 4.98 Å². The summed E-state index contributed by atoms with van der Waals surface area (Å²) in [6.45, 7) is 0.